The minimum absolute atomic E-state index is 0.207. The lowest BCUT2D eigenvalue weighted by atomic mass is 10.2. The van der Waals surface area contributed by atoms with Gasteiger partial charge in [0.1, 0.15) is 0 Å². The summed E-state index contributed by atoms with van der Waals surface area (Å²) in [6, 6.07) is 9.88. The first-order valence-corrected chi connectivity index (χ1v) is 4.25. The molecular weight excluding hydrogens is 178 g/mol. The maximum atomic E-state index is 5.60. The molecular formula is C9H11N5. The highest BCUT2D eigenvalue weighted by atomic mass is 15.4. The van der Waals surface area contributed by atoms with E-state index in [2.05, 4.69) is 10.1 Å². The lowest BCUT2D eigenvalue weighted by molar-refractivity contribution is 0.699. The predicted molar refractivity (Wildman–Crippen MR) is 54.4 cm³/mol. The Bertz CT molecular complexity index is 420. The van der Waals surface area contributed by atoms with Crippen molar-refractivity contribution in [3.05, 3.63) is 35.9 Å². The van der Waals surface area contributed by atoms with Crippen LogP contribution < -0.4 is 11.5 Å². The molecule has 0 bridgehead atoms. The maximum Gasteiger partial charge on any atom is 0.241 e. The minimum Gasteiger partial charge on any atom is -0.368 e. The quantitative estimate of drug-likeness (QED) is 0.720. The van der Waals surface area contributed by atoms with Crippen molar-refractivity contribution in [2.24, 2.45) is 0 Å². The molecule has 0 fully saturated rings. The van der Waals surface area contributed by atoms with Gasteiger partial charge in [0.25, 0.3) is 0 Å². The second-order valence-electron chi connectivity index (χ2n) is 2.97. The van der Waals surface area contributed by atoms with E-state index in [9.17, 15) is 0 Å². The van der Waals surface area contributed by atoms with Crippen molar-refractivity contribution in [3.63, 3.8) is 0 Å². The molecule has 0 spiro atoms. The molecule has 0 radical (unpaired) electrons. The number of nitrogens with two attached hydrogens (primary N) is 2. The van der Waals surface area contributed by atoms with Crippen molar-refractivity contribution >= 4 is 11.9 Å². The van der Waals surface area contributed by atoms with E-state index < -0.39 is 0 Å². The summed E-state index contributed by atoms with van der Waals surface area (Å²) in [6.07, 6.45) is 0. The summed E-state index contributed by atoms with van der Waals surface area (Å²) in [7, 11) is 0. The molecule has 1 heterocycles. The smallest absolute Gasteiger partial charge is 0.241 e. The second kappa shape index (κ2) is 3.37. The molecule has 14 heavy (non-hydrogen) atoms. The van der Waals surface area contributed by atoms with Crippen LogP contribution in [0.25, 0.3) is 0 Å². The Labute approximate surface area is 81.4 Å². The van der Waals surface area contributed by atoms with Crippen molar-refractivity contribution < 1.29 is 0 Å². The number of anilines is 2. The number of nitrogen functional groups attached to an aromatic ring is 2. The highest BCUT2D eigenvalue weighted by Crippen LogP contribution is 2.06. The zero-order valence-electron chi connectivity index (χ0n) is 7.59. The Balaban J connectivity index is 2.23. The van der Waals surface area contributed by atoms with E-state index in [4.69, 9.17) is 11.5 Å². The van der Waals surface area contributed by atoms with E-state index in [-0.39, 0.29) is 5.95 Å². The lowest BCUT2D eigenvalue weighted by Gasteiger charge is -2.01. The predicted octanol–water partition coefficient (Wildman–Crippen LogP) is 0.491. The fraction of sp³-hybridized carbons (Fsp3) is 0.111. The van der Waals surface area contributed by atoms with Gasteiger partial charge in [0, 0.05) is 0 Å². The fourth-order valence-electron chi connectivity index (χ4n) is 1.25. The molecule has 0 unspecified atom stereocenters. The number of hydrogen-bond acceptors (Lipinski definition) is 4. The van der Waals surface area contributed by atoms with Crippen molar-refractivity contribution in [2.75, 3.05) is 11.5 Å². The topological polar surface area (TPSA) is 82.7 Å². The zero-order chi connectivity index (χ0) is 9.97. The Morgan fingerprint density at radius 1 is 1.14 bits per heavy atom. The van der Waals surface area contributed by atoms with Crippen LogP contribution in [0.15, 0.2) is 30.3 Å². The van der Waals surface area contributed by atoms with Gasteiger partial charge in [0.15, 0.2) is 0 Å². The molecule has 4 N–H and O–H groups in total. The van der Waals surface area contributed by atoms with E-state index in [0.29, 0.717) is 12.5 Å². The average molecular weight is 189 g/mol. The van der Waals surface area contributed by atoms with Crippen LogP contribution in [0, 0.1) is 0 Å². The molecule has 1 aromatic heterocycles. The van der Waals surface area contributed by atoms with Crippen LogP contribution in [0.3, 0.4) is 0 Å². The monoisotopic (exact) mass is 189 g/mol. The molecule has 0 amide bonds. The van der Waals surface area contributed by atoms with E-state index in [1.165, 1.54) is 0 Å². The summed E-state index contributed by atoms with van der Waals surface area (Å²) < 4.78 is 1.57. The normalized spacial score (nSPS) is 10.3. The summed E-state index contributed by atoms with van der Waals surface area (Å²) in [4.78, 5) is 3.81. The molecule has 0 atom stereocenters. The van der Waals surface area contributed by atoms with Gasteiger partial charge in [-0.2, -0.15) is 4.98 Å². The highest BCUT2D eigenvalue weighted by Gasteiger charge is 2.03. The van der Waals surface area contributed by atoms with Crippen LogP contribution >= 0.6 is 0 Å². The third-order valence-corrected chi connectivity index (χ3v) is 1.89. The number of rotatable bonds is 2. The summed E-state index contributed by atoms with van der Waals surface area (Å²) in [5.74, 6) is 0.546. The SMILES string of the molecule is Nc1nc(N)n(Cc2ccccc2)n1. The molecule has 0 saturated heterocycles. The van der Waals surface area contributed by atoms with Gasteiger partial charge in [0.2, 0.25) is 11.9 Å². The van der Waals surface area contributed by atoms with Crippen LogP contribution in [0.4, 0.5) is 11.9 Å². The molecule has 0 aliphatic carbocycles. The van der Waals surface area contributed by atoms with Gasteiger partial charge in [-0.15, -0.1) is 5.10 Å². The molecule has 0 saturated carbocycles. The molecule has 0 aliphatic heterocycles. The number of nitrogens with zero attached hydrogens (tertiary/aromatic N) is 3. The van der Waals surface area contributed by atoms with Crippen LogP contribution in [0.1, 0.15) is 5.56 Å². The van der Waals surface area contributed by atoms with Gasteiger partial charge in [-0.3, -0.25) is 0 Å². The molecule has 0 aliphatic rings. The van der Waals surface area contributed by atoms with Crippen LogP contribution in [-0.2, 0) is 6.54 Å². The van der Waals surface area contributed by atoms with Crippen LogP contribution in [0.5, 0.6) is 0 Å². The molecule has 5 heteroatoms. The number of hydrogen-bond donors (Lipinski definition) is 2. The molecule has 5 nitrogen and oxygen atoms in total. The molecule has 2 aromatic rings. The van der Waals surface area contributed by atoms with E-state index >= 15 is 0 Å². The standard InChI is InChI=1S/C9H11N5/c10-8-12-9(11)14(13-8)6-7-4-2-1-3-5-7/h1-5H,6H2,(H4,10,11,12,13). The van der Waals surface area contributed by atoms with Gasteiger partial charge in [-0.1, -0.05) is 30.3 Å². The van der Waals surface area contributed by atoms with E-state index in [1.807, 2.05) is 30.3 Å². The van der Waals surface area contributed by atoms with Crippen LogP contribution in [-0.4, -0.2) is 14.8 Å². The molecule has 72 valence electrons. The fourth-order valence-corrected chi connectivity index (χ4v) is 1.25. The Morgan fingerprint density at radius 3 is 2.43 bits per heavy atom. The van der Waals surface area contributed by atoms with Crippen molar-refractivity contribution in [3.8, 4) is 0 Å². The van der Waals surface area contributed by atoms with Gasteiger partial charge < -0.3 is 11.5 Å². The maximum absolute atomic E-state index is 5.60. The van der Waals surface area contributed by atoms with E-state index in [1.54, 1.807) is 4.68 Å². The summed E-state index contributed by atoms with van der Waals surface area (Å²) in [6.45, 7) is 0.594. The Hall–Kier alpha value is -2.04. The molecule has 2 rings (SSSR count). The molecule has 1 aromatic carbocycles. The Kier molecular flexibility index (Phi) is 2.06. The lowest BCUT2D eigenvalue weighted by Crippen LogP contribution is -2.06. The first kappa shape index (κ1) is 8.55. The number of aromatic nitrogens is 3. The van der Waals surface area contributed by atoms with Gasteiger partial charge >= 0.3 is 0 Å². The minimum atomic E-state index is 0.207. The highest BCUT2D eigenvalue weighted by molar-refractivity contribution is 5.27. The third-order valence-electron chi connectivity index (χ3n) is 1.89. The van der Waals surface area contributed by atoms with E-state index in [0.717, 1.165) is 5.56 Å². The van der Waals surface area contributed by atoms with Crippen LogP contribution in [0.2, 0.25) is 0 Å². The van der Waals surface area contributed by atoms with Gasteiger partial charge in [-0.25, -0.2) is 4.68 Å². The summed E-state index contributed by atoms with van der Waals surface area (Å²) in [5.41, 5.74) is 12.1. The second-order valence-corrected chi connectivity index (χ2v) is 2.97. The van der Waals surface area contributed by atoms with Crippen molar-refractivity contribution in [1.82, 2.24) is 14.8 Å². The first-order valence-electron chi connectivity index (χ1n) is 4.25. The Morgan fingerprint density at radius 2 is 1.86 bits per heavy atom. The van der Waals surface area contributed by atoms with Gasteiger partial charge in [-0.05, 0) is 5.56 Å². The van der Waals surface area contributed by atoms with Gasteiger partial charge in [0.05, 0.1) is 6.54 Å². The van der Waals surface area contributed by atoms with Crippen molar-refractivity contribution in [1.29, 1.82) is 0 Å². The largest absolute Gasteiger partial charge is 0.368 e. The summed E-state index contributed by atoms with van der Waals surface area (Å²) >= 11 is 0. The number of benzene rings is 1. The third kappa shape index (κ3) is 1.66. The average Bonchev–Trinajstić information content (AvgIpc) is 2.47. The van der Waals surface area contributed by atoms with Crippen molar-refractivity contribution in [2.45, 2.75) is 6.54 Å². The first-order chi connectivity index (χ1) is 6.75. The zero-order valence-corrected chi connectivity index (χ0v) is 7.59. The summed E-state index contributed by atoms with van der Waals surface area (Å²) in [5, 5.41) is 3.96.